The van der Waals surface area contributed by atoms with E-state index in [1.165, 1.54) is 30.5 Å². The number of fused-ring (bicyclic) bond motifs is 2. The number of benzene rings is 3. The first-order valence-electron chi connectivity index (χ1n) is 12.8. The fraction of sp³-hybridized carbons (Fsp3) is 0.200. The van der Waals surface area contributed by atoms with E-state index in [2.05, 4.69) is 15.0 Å². The van der Waals surface area contributed by atoms with E-state index < -0.39 is 39.5 Å². The van der Waals surface area contributed by atoms with Crippen LogP contribution in [0.5, 0.6) is 5.75 Å². The van der Waals surface area contributed by atoms with E-state index in [0.29, 0.717) is 42.7 Å². The summed E-state index contributed by atoms with van der Waals surface area (Å²) in [6.07, 6.45) is 3.82. The zero-order chi connectivity index (χ0) is 28.9. The lowest BCUT2D eigenvalue weighted by Crippen LogP contribution is -2.32. The number of hydrogen-bond acceptors (Lipinski definition) is 4. The van der Waals surface area contributed by atoms with Crippen LogP contribution in [-0.4, -0.2) is 32.6 Å². The molecular weight excluding hydrogens is 558 g/mol. The van der Waals surface area contributed by atoms with Gasteiger partial charge in [0.25, 0.3) is 0 Å². The molecule has 0 fully saturated rings. The Hall–Kier alpha value is -4.25. The second-order valence-corrected chi connectivity index (χ2v) is 11.1. The van der Waals surface area contributed by atoms with Gasteiger partial charge in [0.15, 0.2) is 11.6 Å². The van der Waals surface area contributed by atoms with Crippen molar-refractivity contribution in [2.45, 2.75) is 41.4 Å². The summed E-state index contributed by atoms with van der Waals surface area (Å²) in [4.78, 5) is 21.0. The quantitative estimate of drug-likeness (QED) is 0.138. The molecule has 6 rings (SSSR count). The summed E-state index contributed by atoms with van der Waals surface area (Å²) in [6.45, 7) is 2.40. The molecule has 3 aromatic carbocycles. The van der Waals surface area contributed by atoms with Gasteiger partial charge in [0.1, 0.15) is 23.2 Å². The van der Waals surface area contributed by atoms with E-state index in [4.69, 9.17) is 9.84 Å². The Balaban J connectivity index is 1.34. The molecule has 1 unspecified atom stereocenters. The van der Waals surface area contributed by atoms with E-state index in [1.807, 2.05) is 25.1 Å². The van der Waals surface area contributed by atoms with Gasteiger partial charge < -0.3 is 19.8 Å². The Morgan fingerprint density at radius 2 is 1.95 bits per heavy atom. The van der Waals surface area contributed by atoms with Crippen LogP contribution in [0.2, 0.25) is 0 Å². The Labute approximate surface area is 235 Å². The topological polar surface area (TPSA) is 91.0 Å². The number of para-hydroxylation sites is 1. The number of aromatic nitrogens is 3. The summed E-state index contributed by atoms with van der Waals surface area (Å²) >= 11 is 0.653. The van der Waals surface area contributed by atoms with E-state index in [9.17, 15) is 13.6 Å². The van der Waals surface area contributed by atoms with Gasteiger partial charge in [-0.1, -0.05) is 30.0 Å². The number of aryl methyl sites for hydroxylation is 1. The Morgan fingerprint density at radius 3 is 2.76 bits per heavy atom. The number of nitrogens with zero attached hydrogens (tertiary/aromatic N) is 1. The number of carboxylic acids is 1. The number of nitrogens with one attached hydrogen (secondary N) is 2. The van der Waals surface area contributed by atoms with Crippen LogP contribution in [0.3, 0.4) is 0 Å². The largest absolute Gasteiger partial charge is 0.493 e. The van der Waals surface area contributed by atoms with Gasteiger partial charge in [-0.15, -0.1) is 0 Å². The summed E-state index contributed by atoms with van der Waals surface area (Å²) in [5, 5.41) is 9.04. The molecular formula is C30H23F4N3O3S. The minimum atomic E-state index is -1.33. The highest BCUT2D eigenvalue weighted by Gasteiger charge is 2.38. The molecule has 3 heterocycles. The number of hydrogen-bond donors (Lipinski definition) is 3. The van der Waals surface area contributed by atoms with Gasteiger partial charge in [0.2, 0.25) is 0 Å². The van der Waals surface area contributed by atoms with E-state index in [0.717, 1.165) is 11.1 Å². The normalized spacial score (nSPS) is 16.5. The zero-order valence-corrected chi connectivity index (χ0v) is 22.5. The molecule has 210 valence electrons. The van der Waals surface area contributed by atoms with Crippen molar-refractivity contribution in [1.29, 1.82) is 0 Å². The van der Waals surface area contributed by atoms with Crippen LogP contribution in [0.4, 0.5) is 17.6 Å². The summed E-state index contributed by atoms with van der Waals surface area (Å²) in [5.41, 5.74) is 1.58. The van der Waals surface area contributed by atoms with Crippen LogP contribution in [0.15, 0.2) is 64.6 Å². The Morgan fingerprint density at radius 1 is 1.12 bits per heavy atom. The van der Waals surface area contributed by atoms with Crippen molar-refractivity contribution >= 4 is 28.6 Å². The van der Waals surface area contributed by atoms with Gasteiger partial charge >= 0.3 is 5.97 Å². The average Bonchev–Trinajstić information content (AvgIpc) is 3.65. The lowest BCUT2D eigenvalue weighted by atomic mass is 9.74. The van der Waals surface area contributed by atoms with Crippen molar-refractivity contribution in [3.05, 3.63) is 94.9 Å². The van der Waals surface area contributed by atoms with Crippen molar-refractivity contribution in [2.75, 3.05) is 6.61 Å². The molecule has 11 heteroatoms. The predicted molar refractivity (Wildman–Crippen MR) is 145 cm³/mol. The molecule has 5 aromatic rings. The van der Waals surface area contributed by atoms with Crippen LogP contribution in [-0.2, 0) is 16.6 Å². The average molecular weight is 582 g/mol. The molecule has 1 atom stereocenters. The first-order chi connectivity index (χ1) is 19.7. The van der Waals surface area contributed by atoms with Crippen LogP contribution in [0, 0.1) is 23.3 Å². The van der Waals surface area contributed by atoms with Crippen LogP contribution in [0.25, 0.3) is 22.3 Å². The fourth-order valence-electron chi connectivity index (χ4n) is 5.26. The monoisotopic (exact) mass is 581 g/mol. The van der Waals surface area contributed by atoms with Gasteiger partial charge in [-0.3, -0.25) is 4.79 Å². The summed E-state index contributed by atoms with van der Waals surface area (Å²) < 4.78 is 65.3. The summed E-state index contributed by atoms with van der Waals surface area (Å²) in [5.74, 6) is -4.08. The molecule has 3 N–H and O–H groups in total. The Bertz CT molecular complexity index is 1820. The van der Waals surface area contributed by atoms with Crippen LogP contribution < -0.4 is 4.74 Å². The third-order valence-corrected chi connectivity index (χ3v) is 8.58. The minimum Gasteiger partial charge on any atom is -0.493 e. The molecule has 0 aliphatic carbocycles. The smallest absolute Gasteiger partial charge is 0.303 e. The second-order valence-electron chi connectivity index (χ2n) is 10.0. The van der Waals surface area contributed by atoms with Gasteiger partial charge in [0.05, 0.1) is 22.6 Å². The number of H-pyrrole nitrogens is 2. The summed E-state index contributed by atoms with van der Waals surface area (Å²) in [6, 6.07) is 10.9. The standard InChI is InChI=1S/C30H23F4N3O3S/c1-30(10-12-40-27-15(5-8-22(38)39)3-2-4-19(27)30)21-14-36-29(37-21)18-13-16(6-7-20(18)31)41-28-23(32)17-9-11-35-26(17)24(33)25(28)34/h2-4,6-7,9,11,13-14,35H,5,8,10,12H2,1H3,(H,36,37)(H,38,39). The van der Waals surface area contributed by atoms with Crippen molar-refractivity contribution in [1.82, 2.24) is 15.0 Å². The zero-order valence-electron chi connectivity index (χ0n) is 21.7. The summed E-state index contributed by atoms with van der Waals surface area (Å²) in [7, 11) is 0. The van der Waals surface area contributed by atoms with Gasteiger partial charge in [0, 0.05) is 45.8 Å². The molecule has 0 saturated carbocycles. The number of carbonyl (C=O) groups is 1. The minimum absolute atomic E-state index is 0.0299. The van der Waals surface area contributed by atoms with Crippen molar-refractivity contribution in [3.63, 3.8) is 0 Å². The number of imidazole rings is 1. The van der Waals surface area contributed by atoms with E-state index >= 15 is 8.78 Å². The third-order valence-electron chi connectivity index (χ3n) is 7.53. The highest BCUT2D eigenvalue weighted by molar-refractivity contribution is 7.99. The first kappa shape index (κ1) is 26.9. The predicted octanol–water partition coefficient (Wildman–Crippen LogP) is 7.37. The molecule has 0 amide bonds. The highest BCUT2D eigenvalue weighted by Crippen LogP contribution is 2.45. The number of ether oxygens (including phenoxy) is 1. The maximum absolute atomic E-state index is 15.0. The van der Waals surface area contributed by atoms with Crippen LogP contribution >= 0.6 is 11.8 Å². The SMILES string of the molecule is CC1(c2cnc(-c3cc(Sc4c(F)c(F)c5[nH]ccc5c4F)ccc3F)[nH]2)CCOc2c(CCC(=O)O)cccc21. The third kappa shape index (κ3) is 4.63. The van der Waals surface area contributed by atoms with Gasteiger partial charge in [-0.05, 0) is 49.6 Å². The first-order valence-corrected chi connectivity index (χ1v) is 13.6. The van der Waals surface area contributed by atoms with Crippen molar-refractivity contribution in [2.24, 2.45) is 0 Å². The second kappa shape index (κ2) is 10.3. The number of aliphatic carboxylic acids is 1. The molecule has 1 aliphatic rings. The van der Waals surface area contributed by atoms with Crippen molar-refractivity contribution < 1.29 is 32.2 Å². The van der Waals surface area contributed by atoms with Crippen LogP contribution in [0.1, 0.15) is 36.6 Å². The molecule has 6 nitrogen and oxygen atoms in total. The molecule has 41 heavy (non-hydrogen) atoms. The fourth-order valence-corrected chi connectivity index (χ4v) is 6.18. The Kier molecular flexibility index (Phi) is 6.77. The van der Waals surface area contributed by atoms with Gasteiger partial charge in [-0.25, -0.2) is 22.5 Å². The molecule has 0 bridgehead atoms. The van der Waals surface area contributed by atoms with Crippen molar-refractivity contribution in [3.8, 4) is 17.1 Å². The molecule has 0 spiro atoms. The lowest BCUT2D eigenvalue weighted by Gasteiger charge is -2.36. The maximum atomic E-state index is 15.0. The molecule has 0 saturated heterocycles. The highest BCUT2D eigenvalue weighted by atomic mass is 32.2. The molecule has 1 aliphatic heterocycles. The lowest BCUT2D eigenvalue weighted by molar-refractivity contribution is -0.136. The molecule has 0 radical (unpaired) electrons. The van der Waals surface area contributed by atoms with E-state index in [1.54, 1.807) is 6.20 Å². The number of carboxylic acid groups (broad SMARTS) is 1. The number of halogens is 4. The maximum Gasteiger partial charge on any atom is 0.303 e. The number of aromatic amines is 2. The number of rotatable bonds is 7. The van der Waals surface area contributed by atoms with E-state index in [-0.39, 0.29) is 33.6 Å². The molecule has 2 aromatic heterocycles. The van der Waals surface area contributed by atoms with Gasteiger partial charge in [-0.2, -0.15) is 0 Å².